The predicted octanol–water partition coefficient (Wildman–Crippen LogP) is 1.26. The van der Waals surface area contributed by atoms with Gasteiger partial charge in [-0.2, -0.15) is 5.26 Å². The largest absolute Gasteiger partial charge is 0.329 e. The van der Waals surface area contributed by atoms with E-state index in [2.05, 4.69) is 11.1 Å². The van der Waals surface area contributed by atoms with Gasteiger partial charge in [0, 0.05) is 19.3 Å². The van der Waals surface area contributed by atoms with Gasteiger partial charge in [0.25, 0.3) is 0 Å². The molecule has 4 nitrogen and oxygen atoms in total. The number of hydrogen-bond acceptors (Lipinski definition) is 3. The Morgan fingerprint density at radius 3 is 3.06 bits per heavy atom. The van der Waals surface area contributed by atoms with Crippen molar-refractivity contribution in [3.8, 4) is 6.07 Å². The summed E-state index contributed by atoms with van der Waals surface area (Å²) in [5.74, 6) is 0. The van der Waals surface area contributed by atoms with Gasteiger partial charge in [0.15, 0.2) is 0 Å². The third-order valence-electron chi connectivity index (χ3n) is 2.42. The molecule has 0 atom stereocenters. The van der Waals surface area contributed by atoms with Crippen LogP contribution in [-0.4, -0.2) is 9.55 Å². The Labute approximate surface area is 94.0 Å². The fourth-order valence-corrected chi connectivity index (χ4v) is 1.60. The summed E-state index contributed by atoms with van der Waals surface area (Å²) < 4.78 is 1.98. The molecule has 2 N–H and O–H groups in total. The van der Waals surface area contributed by atoms with E-state index in [0.29, 0.717) is 18.7 Å². The van der Waals surface area contributed by atoms with Crippen molar-refractivity contribution in [3.63, 3.8) is 0 Å². The molecule has 16 heavy (non-hydrogen) atoms. The molecule has 0 aliphatic rings. The first-order valence-electron chi connectivity index (χ1n) is 5.01. The zero-order valence-electron chi connectivity index (χ0n) is 8.80. The molecular weight excluding hydrogens is 200 g/mol. The summed E-state index contributed by atoms with van der Waals surface area (Å²) in [6.45, 7) is 1.17. The van der Waals surface area contributed by atoms with Crippen molar-refractivity contribution in [2.45, 2.75) is 13.1 Å². The molecule has 2 rings (SSSR count). The lowest BCUT2D eigenvalue weighted by molar-refractivity contribution is 0.740. The summed E-state index contributed by atoms with van der Waals surface area (Å²) >= 11 is 0. The Morgan fingerprint density at radius 2 is 2.31 bits per heavy atom. The fraction of sp³-hybridized carbons (Fsp3) is 0.167. The van der Waals surface area contributed by atoms with Crippen LogP contribution in [0.2, 0.25) is 0 Å². The van der Waals surface area contributed by atoms with Crippen LogP contribution in [0.5, 0.6) is 0 Å². The minimum absolute atomic E-state index is 0.470. The van der Waals surface area contributed by atoms with Gasteiger partial charge in [0.05, 0.1) is 23.7 Å². The van der Waals surface area contributed by atoms with Gasteiger partial charge in [-0.25, -0.2) is 4.98 Å². The summed E-state index contributed by atoms with van der Waals surface area (Å²) in [5, 5.41) is 8.80. The zero-order chi connectivity index (χ0) is 11.4. The van der Waals surface area contributed by atoms with Crippen molar-refractivity contribution in [2.24, 2.45) is 5.73 Å². The number of hydrogen-bond donors (Lipinski definition) is 1. The van der Waals surface area contributed by atoms with E-state index in [9.17, 15) is 0 Å². The second kappa shape index (κ2) is 4.60. The molecule has 0 bridgehead atoms. The SMILES string of the molecule is N#Cc1cccc(Cn2cncc2CN)c1. The third kappa shape index (κ3) is 2.10. The first-order chi connectivity index (χ1) is 7.83. The normalized spacial score (nSPS) is 10.0. The van der Waals surface area contributed by atoms with E-state index in [1.165, 1.54) is 0 Å². The van der Waals surface area contributed by atoms with Gasteiger partial charge < -0.3 is 10.3 Å². The number of nitriles is 1. The number of nitrogens with zero attached hydrogens (tertiary/aromatic N) is 3. The molecule has 1 heterocycles. The lowest BCUT2D eigenvalue weighted by atomic mass is 10.1. The maximum absolute atomic E-state index is 8.80. The number of benzene rings is 1. The molecule has 4 heteroatoms. The summed E-state index contributed by atoms with van der Waals surface area (Å²) in [6.07, 6.45) is 3.51. The van der Waals surface area contributed by atoms with Crippen LogP contribution in [0.15, 0.2) is 36.8 Å². The van der Waals surface area contributed by atoms with Crippen molar-refractivity contribution in [1.29, 1.82) is 5.26 Å². The molecule has 0 aliphatic carbocycles. The highest BCUT2D eigenvalue weighted by Crippen LogP contribution is 2.08. The van der Waals surface area contributed by atoms with Crippen LogP contribution in [0.4, 0.5) is 0 Å². The first kappa shape index (κ1) is 10.4. The molecule has 0 spiro atoms. The Morgan fingerprint density at radius 1 is 1.44 bits per heavy atom. The number of aromatic nitrogens is 2. The molecule has 80 valence electrons. The minimum Gasteiger partial charge on any atom is -0.329 e. The molecule has 0 amide bonds. The highest BCUT2D eigenvalue weighted by Gasteiger charge is 2.01. The lowest BCUT2D eigenvalue weighted by Gasteiger charge is -2.06. The highest BCUT2D eigenvalue weighted by molar-refractivity contribution is 5.32. The molecule has 0 saturated carbocycles. The Balaban J connectivity index is 2.24. The number of rotatable bonds is 3. The number of nitrogens with two attached hydrogens (primary N) is 1. The monoisotopic (exact) mass is 212 g/mol. The fourth-order valence-electron chi connectivity index (χ4n) is 1.60. The molecule has 0 aliphatic heterocycles. The van der Waals surface area contributed by atoms with Crippen LogP contribution >= 0.6 is 0 Å². The minimum atomic E-state index is 0.470. The van der Waals surface area contributed by atoms with Crippen molar-refractivity contribution in [3.05, 3.63) is 53.6 Å². The second-order valence-corrected chi connectivity index (χ2v) is 3.53. The Kier molecular flexibility index (Phi) is 2.99. The van der Waals surface area contributed by atoms with Crippen LogP contribution in [0.25, 0.3) is 0 Å². The van der Waals surface area contributed by atoms with Crippen LogP contribution in [0, 0.1) is 11.3 Å². The zero-order valence-corrected chi connectivity index (χ0v) is 8.80. The summed E-state index contributed by atoms with van der Waals surface area (Å²) in [7, 11) is 0. The van der Waals surface area contributed by atoms with Gasteiger partial charge in [0.1, 0.15) is 0 Å². The first-order valence-corrected chi connectivity index (χ1v) is 5.01. The molecule has 1 aromatic carbocycles. The van der Waals surface area contributed by atoms with E-state index in [1.54, 1.807) is 18.6 Å². The van der Waals surface area contributed by atoms with Crippen LogP contribution in [0.3, 0.4) is 0 Å². The molecule has 0 saturated heterocycles. The van der Waals surface area contributed by atoms with E-state index in [1.807, 2.05) is 22.8 Å². The molecule has 0 unspecified atom stereocenters. The van der Waals surface area contributed by atoms with Gasteiger partial charge >= 0.3 is 0 Å². The third-order valence-corrected chi connectivity index (χ3v) is 2.42. The lowest BCUT2D eigenvalue weighted by Crippen LogP contribution is -2.07. The molecule has 2 aromatic rings. The van der Waals surface area contributed by atoms with Crippen LogP contribution < -0.4 is 5.73 Å². The molecule has 1 aromatic heterocycles. The standard InChI is InChI=1S/C12H12N4/c13-5-10-2-1-3-11(4-10)8-16-9-15-7-12(16)6-14/h1-4,7,9H,6,8,14H2. The Hall–Kier alpha value is -2.12. The van der Waals surface area contributed by atoms with E-state index < -0.39 is 0 Å². The molecule has 0 fully saturated rings. The van der Waals surface area contributed by atoms with Crippen molar-refractivity contribution >= 4 is 0 Å². The van der Waals surface area contributed by atoms with Gasteiger partial charge in [-0.3, -0.25) is 0 Å². The van der Waals surface area contributed by atoms with E-state index in [4.69, 9.17) is 11.0 Å². The van der Waals surface area contributed by atoms with Crippen molar-refractivity contribution in [2.75, 3.05) is 0 Å². The van der Waals surface area contributed by atoms with E-state index in [-0.39, 0.29) is 0 Å². The van der Waals surface area contributed by atoms with E-state index in [0.717, 1.165) is 11.3 Å². The van der Waals surface area contributed by atoms with Gasteiger partial charge in [-0.05, 0) is 17.7 Å². The number of imidazole rings is 1. The van der Waals surface area contributed by atoms with Gasteiger partial charge in [-0.1, -0.05) is 12.1 Å². The summed E-state index contributed by atoms with van der Waals surface area (Å²) in [6, 6.07) is 9.66. The summed E-state index contributed by atoms with van der Waals surface area (Å²) in [4.78, 5) is 4.05. The average Bonchev–Trinajstić information content (AvgIpc) is 2.76. The average molecular weight is 212 g/mol. The topological polar surface area (TPSA) is 67.6 Å². The van der Waals surface area contributed by atoms with Crippen molar-refractivity contribution < 1.29 is 0 Å². The maximum Gasteiger partial charge on any atom is 0.0991 e. The van der Waals surface area contributed by atoms with E-state index >= 15 is 0 Å². The predicted molar refractivity (Wildman–Crippen MR) is 60.4 cm³/mol. The van der Waals surface area contributed by atoms with Gasteiger partial charge in [0.2, 0.25) is 0 Å². The highest BCUT2D eigenvalue weighted by atomic mass is 15.0. The molecular formula is C12H12N4. The second-order valence-electron chi connectivity index (χ2n) is 3.53. The van der Waals surface area contributed by atoms with Gasteiger partial charge in [-0.15, -0.1) is 0 Å². The van der Waals surface area contributed by atoms with Crippen LogP contribution in [-0.2, 0) is 13.1 Å². The molecule has 0 radical (unpaired) electrons. The Bertz CT molecular complexity index is 522. The maximum atomic E-state index is 8.80. The quantitative estimate of drug-likeness (QED) is 0.832. The smallest absolute Gasteiger partial charge is 0.0991 e. The summed E-state index contributed by atoms with van der Waals surface area (Å²) in [5.41, 5.74) is 8.33. The van der Waals surface area contributed by atoms with Crippen LogP contribution in [0.1, 0.15) is 16.8 Å². The van der Waals surface area contributed by atoms with Crippen molar-refractivity contribution in [1.82, 2.24) is 9.55 Å².